The molecule has 32 heavy (non-hydrogen) atoms. The number of benzene rings is 2. The van der Waals surface area contributed by atoms with Crippen molar-refractivity contribution in [2.75, 3.05) is 36.4 Å². The summed E-state index contributed by atoms with van der Waals surface area (Å²) in [5.41, 5.74) is 2.69. The zero-order valence-corrected chi connectivity index (χ0v) is 19.0. The van der Waals surface area contributed by atoms with Crippen LogP contribution in [0.2, 0.25) is 5.02 Å². The molecule has 0 spiro atoms. The summed E-state index contributed by atoms with van der Waals surface area (Å²) in [6, 6.07) is 17.4. The molecule has 4 rings (SSSR count). The highest BCUT2D eigenvalue weighted by Gasteiger charge is 2.22. The lowest BCUT2D eigenvalue weighted by atomic mass is 10.2. The summed E-state index contributed by atoms with van der Waals surface area (Å²) < 4.78 is 0. The van der Waals surface area contributed by atoms with Crippen molar-refractivity contribution in [3.63, 3.8) is 0 Å². The second-order valence-corrected chi connectivity index (χ2v) is 8.70. The van der Waals surface area contributed by atoms with Gasteiger partial charge < -0.3 is 9.80 Å². The van der Waals surface area contributed by atoms with Crippen molar-refractivity contribution in [1.29, 1.82) is 0 Å². The van der Waals surface area contributed by atoms with Crippen LogP contribution in [-0.4, -0.2) is 47.9 Å². The highest BCUT2D eigenvalue weighted by molar-refractivity contribution is 7.14. The molecule has 0 atom stereocenters. The summed E-state index contributed by atoms with van der Waals surface area (Å²) >= 11 is 7.40. The second-order valence-electron chi connectivity index (χ2n) is 7.40. The monoisotopic (exact) mass is 466 g/mol. The fraction of sp³-hybridized carbons (Fsp3) is 0.208. The average Bonchev–Trinajstić information content (AvgIpc) is 3.25. The standard InChI is InChI=1S/C24H23ClN4O2S/c25-19-7-4-8-21(15-19)28-11-13-29(14-12-28)23(31)16-20-17-32-24(26-20)27-22(30)10-9-18-5-2-1-3-6-18/h1-10,15,17H,11-14,16H2,(H,26,27,30)/b10-9+. The lowest BCUT2D eigenvalue weighted by Crippen LogP contribution is -2.49. The first kappa shape index (κ1) is 22.0. The molecule has 3 aromatic rings. The summed E-state index contributed by atoms with van der Waals surface area (Å²) in [5.74, 6) is -0.207. The number of piperazine rings is 1. The van der Waals surface area contributed by atoms with E-state index < -0.39 is 0 Å². The Morgan fingerprint density at radius 3 is 2.59 bits per heavy atom. The van der Waals surface area contributed by atoms with Crippen LogP contribution >= 0.6 is 22.9 Å². The van der Waals surface area contributed by atoms with Crippen LogP contribution in [0.25, 0.3) is 6.08 Å². The Bertz CT molecular complexity index is 1110. The van der Waals surface area contributed by atoms with Crippen LogP contribution in [0.4, 0.5) is 10.8 Å². The van der Waals surface area contributed by atoms with Gasteiger partial charge in [0.05, 0.1) is 12.1 Å². The van der Waals surface area contributed by atoms with Gasteiger partial charge >= 0.3 is 0 Å². The molecule has 6 nitrogen and oxygen atoms in total. The minimum Gasteiger partial charge on any atom is -0.368 e. The molecule has 0 bridgehead atoms. The Morgan fingerprint density at radius 1 is 1.06 bits per heavy atom. The summed E-state index contributed by atoms with van der Waals surface area (Å²) in [7, 11) is 0. The van der Waals surface area contributed by atoms with Crippen LogP contribution in [0.5, 0.6) is 0 Å². The van der Waals surface area contributed by atoms with E-state index in [1.807, 2.05) is 64.9 Å². The van der Waals surface area contributed by atoms with E-state index in [4.69, 9.17) is 11.6 Å². The highest BCUT2D eigenvalue weighted by atomic mass is 35.5. The molecule has 1 aliphatic heterocycles. The maximum atomic E-state index is 12.7. The molecule has 1 N–H and O–H groups in total. The SMILES string of the molecule is O=C(/C=C/c1ccccc1)Nc1nc(CC(=O)N2CCN(c3cccc(Cl)c3)CC2)cs1. The number of rotatable bonds is 6. The number of hydrogen-bond donors (Lipinski definition) is 1. The van der Waals surface area contributed by atoms with E-state index in [2.05, 4.69) is 15.2 Å². The maximum Gasteiger partial charge on any atom is 0.250 e. The van der Waals surface area contributed by atoms with Gasteiger partial charge in [0.15, 0.2) is 5.13 Å². The van der Waals surface area contributed by atoms with Gasteiger partial charge in [-0.05, 0) is 29.8 Å². The Labute approximate surface area is 196 Å². The molecule has 2 heterocycles. The summed E-state index contributed by atoms with van der Waals surface area (Å²) in [5, 5.41) is 5.77. The largest absolute Gasteiger partial charge is 0.368 e. The first-order chi connectivity index (χ1) is 15.6. The number of carbonyl (C=O) groups excluding carboxylic acids is 2. The van der Waals surface area contributed by atoms with E-state index in [-0.39, 0.29) is 18.2 Å². The molecule has 8 heteroatoms. The second kappa shape index (κ2) is 10.4. The number of nitrogens with one attached hydrogen (secondary N) is 1. The molecule has 0 radical (unpaired) electrons. The molecule has 0 aliphatic carbocycles. The zero-order chi connectivity index (χ0) is 22.3. The summed E-state index contributed by atoms with van der Waals surface area (Å²) in [6.07, 6.45) is 3.45. The van der Waals surface area contributed by atoms with E-state index >= 15 is 0 Å². The normalized spacial score (nSPS) is 14.0. The topological polar surface area (TPSA) is 65.5 Å². The van der Waals surface area contributed by atoms with Crippen molar-refractivity contribution in [2.45, 2.75) is 6.42 Å². The van der Waals surface area contributed by atoms with Crippen LogP contribution in [0.3, 0.4) is 0 Å². The quantitative estimate of drug-likeness (QED) is 0.549. The number of amides is 2. The average molecular weight is 467 g/mol. The van der Waals surface area contributed by atoms with Crippen molar-refractivity contribution < 1.29 is 9.59 Å². The maximum absolute atomic E-state index is 12.7. The number of aromatic nitrogens is 1. The summed E-state index contributed by atoms with van der Waals surface area (Å²) in [6.45, 7) is 2.84. The number of halogens is 1. The predicted octanol–water partition coefficient (Wildman–Crippen LogP) is 4.34. The van der Waals surface area contributed by atoms with Gasteiger partial charge in [-0.2, -0.15) is 0 Å². The van der Waals surface area contributed by atoms with Crippen molar-refractivity contribution >= 4 is 51.6 Å². The molecule has 1 aliphatic rings. The molecular weight excluding hydrogens is 444 g/mol. The van der Waals surface area contributed by atoms with Crippen LogP contribution in [0, 0.1) is 0 Å². The Morgan fingerprint density at radius 2 is 1.84 bits per heavy atom. The number of thiazole rings is 1. The van der Waals surface area contributed by atoms with E-state index in [0.29, 0.717) is 28.9 Å². The van der Waals surface area contributed by atoms with Gasteiger partial charge in [-0.1, -0.05) is 48.0 Å². The van der Waals surface area contributed by atoms with Gasteiger partial charge in [-0.3, -0.25) is 14.9 Å². The molecule has 164 valence electrons. The van der Waals surface area contributed by atoms with Crippen LogP contribution in [0.1, 0.15) is 11.3 Å². The van der Waals surface area contributed by atoms with Crippen LogP contribution < -0.4 is 10.2 Å². The molecule has 2 amide bonds. The van der Waals surface area contributed by atoms with Gasteiger partial charge in [0.1, 0.15) is 0 Å². The van der Waals surface area contributed by atoms with Gasteiger partial charge in [0, 0.05) is 48.3 Å². The van der Waals surface area contributed by atoms with Crippen molar-refractivity contribution in [3.05, 3.63) is 82.3 Å². The molecule has 1 fully saturated rings. The molecule has 0 unspecified atom stereocenters. The van der Waals surface area contributed by atoms with E-state index in [1.54, 1.807) is 6.08 Å². The first-order valence-electron chi connectivity index (χ1n) is 10.3. The third-order valence-electron chi connectivity index (χ3n) is 5.15. The van der Waals surface area contributed by atoms with Crippen molar-refractivity contribution in [1.82, 2.24) is 9.88 Å². The first-order valence-corrected chi connectivity index (χ1v) is 11.6. The Hall–Kier alpha value is -3.16. The smallest absolute Gasteiger partial charge is 0.250 e. The number of anilines is 2. The van der Waals surface area contributed by atoms with E-state index in [1.165, 1.54) is 17.4 Å². The summed E-state index contributed by atoms with van der Waals surface area (Å²) in [4.78, 5) is 33.3. The van der Waals surface area contributed by atoms with Crippen LogP contribution in [0.15, 0.2) is 66.1 Å². The van der Waals surface area contributed by atoms with Gasteiger partial charge in [-0.15, -0.1) is 11.3 Å². The van der Waals surface area contributed by atoms with E-state index in [9.17, 15) is 9.59 Å². The van der Waals surface area contributed by atoms with Crippen molar-refractivity contribution in [3.8, 4) is 0 Å². The molecule has 1 aromatic heterocycles. The number of nitrogens with zero attached hydrogens (tertiary/aromatic N) is 3. The minimum atomic E-state index is -0.252. The number of carbonyl (C=O) groups is 2. The lowest BCUT2D eigenvalue weighted by Gasteiger charge is -2.36. The van der Waals surface area contributed by atoms with Gasteiger partial charge in [0.25, 0.3) is 0 Å². The van der Waals surface area contributed by atoms with Crippen LogP contribution in [-0.2, 0) is 16.0 Å². The van der Waals surface area contributed by atoms with Gasteiger partial charge in [0.2, 0.25) is 11.8 Å². The fourth-order valence-electron chi connectivity index (χ4n) is 3.48. The molecular formula is C24H23ClN4O2S. The van der Waals surface area contributed by atoms with Crippen molar-refractivity contribution in [2.24, 2.45) is 0 Å². The third-order valence-corrected chi connectivity index (χ3v) is 6.19. The van der Waals surface area contributed by atoms with Gasteiger partial charge in [-0.25, -0.2) is 4.98 Å². The third kappa shape index (κ3) is 5.96. The predicted molar refractivity (Wildman–Crippen MR) is 130 cm³/mol. The number of hydrogen-bond acceptors (Lipinski definition) is 5. The molecule has 1 saturated heterocycles. The Kier molecular flexibility index (Phi) is 7.19. The zero-order valence-electron chi connectivity index (χ0n) is 17.4. The Balaban J connectivity index is 1.26. The lowest BCUT2D eigenvalue weighted by molar-refractivity contribution is -0.130. The van der Waals surface area contributed by atoms with E-state index in [0.717, 1.165) is 24.3 Å². The highest BCUT2D eigenvalue weighted by Crippen LogP contribution is 2.21. The minimum absolute atomic E-state index is 0.0443. The molecule has 2 aromatic carbocycles. The fourth-order valence-corrected chi connectivity index (χ4v) is 4.38. The molecule has 0 saturated carbocycles.